The number of nitrogens with zero attached hydrogens (tertiary/aromatic N) is 1. The summed E-state index contributed by atoms with van der Waals surface area (Å²) >= 11 is 0. The van der Waals surface area contributed by atoms with Gasteiger partial charge in [0, 0.05) is 12.6 Å². The average Bonchev–Trinajstić information content (AvgIpc) is 2.34. The van der Waals surface area contributed by atoms with Crippen LogP contribution >= 0.6 is 0 Å². The van der Waals surface area contributed by atoms with Gasteiger partial charge in [0.05, 0.1) is 18.9 Å². The van der Waals surface area contributed by atoms with E-state index in [0.29, 0.717) is 5.56 Å². The molecule has 7 heteroatoms. The highest BCUT2D eigenvalue weighted by Gasteiger charge is 2.33. The van der Waals surface area contributed by atoms with Gasteiger partial charge in [-0.25, -0.2) is 0 Å². The lowest BCUT2D eigenvalue weighted by Crippen LogP contribution is -2.39. The van der Waals surface area contributed by atoms with E-state index >= 15 is 0 Å². The Morgan fingerprint density at radius 1 is 1.35 bits per heavy atom. The third kappa shape index (κ3) is 2.82. The van der Waals surface area contributed by atoms with Crippen molar-refractivity contribution in [3.8, 4) is 0 Å². The third-order valence-electron chi connectivity index (χ3n) is 3.19. The maximum absolute atomic E-state index is 12.2. The molecule has 1 aliphatic heterocycles. The minimum atomic E-state index is -4.49. The fraction of sp³-hybridized carbons (Fsp3) is 0.385. The molecular weight excluding hydrogens is 275 g/mol. The molecule has 2 rings (SSSR count). The standard InChI is InChI=1S/C13H12F3NO3/c1-17-11(19)5-7-2-3-8(4-9(7)12(17)20)10(18)6-13(14,15)16/h2-4,10,18H,5-6H2,1H3. The first kappa shape index (κ1) is 14.5. The Bertz CT molecular complexity index is 568. The number of carbonyl (C=O) groups excluding carboxylic acids is 2. The molecule has 0 saturated heterocycles. The van der Waals surface area contributed by atoms with Crippen molar-refractivity contribution in [2.45, 2.75) is 25.1 Å². The molecule has 0 saturated carbocycles. The molecule has 20 heavy (non-hydrogen) atoms. The summed E-state index contributed by atoms with van der Waals surface area (Å²) in [6.45, 7) is 0. The van der Waals surface area contributed by atoms with E-state index in [1.807, 2.05) is 0 Å². The molecule has 4 nitrogen and oxygen atoms in total. The zero-order valence-corrected chi connectivity index (χ0v) is 10.6. The summed E-state index contributed by atoms with van der Waals surface area (Å²) in [6.07, 6.45) is -7.58. The zero-order valence-electron chi connectivity index (χ0n) is 10.6. The lowest BCUT2D eigenvalue weighted by molar-refractivity contribution is -0.154. The highest BCUT2D eigenvalue weighted by molar-refractivity contribution is 6.09. The average molecular weight is 287 g/mol. The SMILES string of the molecule is CN1C(=O)Cc2ccc(C(O)CC(F)(F)F)cc2C1=O. The van der Waals surface area contributed by atoms with Gasteiger partial charge in [-0.05, 0) is 17.2 Å². The van der Waals surface area contributed by atoms with E-state index in [1.165, 1.54) is 25.2 Å². The van der Waals surface area contributed by atoms with Gasteiger partial charge in [-0.3, -0.25) is 14.5 Å². The van der Waals surface area contributed by atoms with E-state index in [2.05, 4.69) is 0 Å². The van der Waals surface area contributed by atoms with Gasteiger partial charge in [0.1, 0.15) is 0 Å². The molecule has 1 aromatic carbocycles. The van der Waals surface area contributed by atoms with E-state index in [-0.39, 0.29) is 23.5 Å². The summed E-state index contributed by atoms with van der Waals surface area (Å²) in [5.41, 5.74) is 0.629. The second-order valence-corrected chi connectivity index (χ2v) is 4.69. The number of carbonyl (C=O) groups is 2. The second-order valence-electron chi connectivity index (χ2n) is 4.69. The van der Waals surface area contributed by atoms with E-state index in [9.17, 15) is 27.9 Å². The Hall–Kier alpha value is -1.89. The molecule has 1 N–H and O–H groups in total. The van der Waals surface area contributed by atoms with Crippen LogP contribution in [-0.4, -0.2) is 35.0 Å². The molecule has 1 aromatic rings. The first-order chi connectivity index (χ1) is 9.19. The quantitative estimate of drug-likeness (QED) is 0.844. The minimum absolute atomic E-state index is 0.0113. The molecular formula is C13H12F3NO3. The number of amides is 2. The van der Waals surface area contributed by atoms with Gasteiger partial charge in [0.2, 0.25) is 5.91 Å². The van der Waals surface area contributed by atoms with Gasteiger partial charge in [-0.15, -0.1) is 0 Å². The first-order valence-corrected chi connectivity index (χ1v) is 5.87. The topological polar surface area (TPSA) is 57.6 Å². The van der Waals surface area contributed by atoms with Crippen molar-refractivity contribution in [3.05, 3.63) is 34.9 Å². The van der Waals surface area contributed by atoms with Gasteiger partial charge in [-0.2, -0.15) is 13.2 Å². The summed E-state index contributed by atoms with van der Waals surface area (Å²) < 4.78 is 36.7. The van der Waals surface area contributed by atoms with Crippen LogP contribution in [0.15, 0.2) is 18.2 Å². The van der Waals surface area contributed by atoms with Crippen molar-refractivity contribution in [3.63, 3.8) is 0 Å². The normalized spacial score (nSPS) is 17.1. The molecule has 1 unspecified atom stereocenters. The number of likely N-dealkylation sites (N-methyl/N-ethyl adjacent to an activating group) is 1. The van der Waals surface area contributed by atoms with Crippen LogP contribution in [0.1, 0.15) is 34.0 Å². The Morgan fingerprint density at radius 3 is 2.60 bits per heavy atom. The maximum atomic E-state index is 12.2. The molecule has 108 valence electrons. The summed E-state index contributed by atoms with van der Waals surface area (Å²) in [5, 5.41) is 9.55. The highest BCUT2D eigenvalue weighted by Crippen LogP contribution is 2.31. The Balaban J connectivity index is 2.33. The highest BCUT2D eigenvalue weighted by atomic mass is 19.4. The van der Waals surface area contributed by atoms with Crippen molar-refractivity contribution in [1.82, 2.24) is 4.90 Å². The number of fused-ring (bicyclic) bond motifs is 1. The Labute approximate surface area is 112 Å². The molecule has 0 spiro atoms. The van der Waals surface area contributed by atoms with Gasteiger partial charge in [0.25, 0.3) is 5.91 Å². The number of hydrogen-bond donors (Lipinski definition) is 1. The summed E-state index contributed by atoms with van der Waals surface area (Å²) in [7, 11) is 1.31. The number of hydrogen-bond acceptors (Lipinski definition) is 3. The lowest BCUT2D eigenvalue weighted by atomic mass is 9.94. The van der Waals surface area contributed by atoms with Crippen LogP contribution in [0.25, 0.3) is 0 Å². The summed E-state index contributed by atoms with van der Waals surface area (Å²) in [5.74, 6) is -0.941. The third-order valence-corrected chi connectivity index (χ3v) is 3.19. The van der Waals surface area contributed by atoms with Crippen LogP contribution in [0, 0.1) is 0 Å². The van der Waals surface area contributed by atoms with E-state index in [1.54, 1.807) is 0 Å². The lowest BCUT2D eigenvalue weighted by Gasteiger charge is -2.24. The largest absolute Gasteiger partial charge is 0.391 e. The molecule has 2 amide bonds. The summed E-state index contributed by atoms with van der Waals surface area (Å²) in [4.78, 5) is 24.3. The molecule has 1 aliphatic rings. The van der Waals surface area contributed by atoms with Crippen LogP contribution in [0.3, 0.4) is 0 Å². The molecule has 0 aromatic heterocycles. The fourth-order valence-electron chi connectivity index (χ4n) is 2.07. The van der Waals surface area contributed by atoms with E-state index in [4.69, 9.17) is 0 Å². The van der Waals surface area contributed by atoms with Crippen LogP contribution < -0.4 is 0 Å². The number of benzene rings is 1. The molecule has 0 radical (unpaired) electrons. The van der Waals surface area contributed by atoms with Gasteiger partial charge < -0.3 is 5.11 Å². The maximum Gasteiger partial charge on any atom is 0.391 e. The van der Waals surface area contributed by atoms with Crippen molar-refractivity contribution >= 4 is 11.8 Å². The number of aliphatic hydroxyl groups excluding tert-OH is 1. The van der Waals surface area contributed by atoms with E-state index < -0.39 is 24.6 Å². The number of aliphatic hydroxyl groups is 1. The van der Waals surface area contributed by atoms with Crippen LogP contribution in [0.2, 0.25) is 0 Å². The van der Waals surface area contributed by atoms with Crippen molar-refractivity contribution < 1.29 is 27.9 Å². The van der Waals surface area contributed by atoms with Crippen molar-refractivity contribution in [2.24, 2.45) is 0 Å². The second kappa shape index (κ2) is 4.90. The number of halogens is 3. The predicted molar refractivity (Wildman–Crippen MR) is 62.9 cm³/mol. The van der Waals surface area contributed by atoms with Gasteiger partial charge >= 0.3 is 6.18 Å². The number of alkyl halides is 3. The smallest absolute Gasteiger partial charge is 0.388 e. The molecule has 0 fully saturated rings. The number of imide groups is 1. The van der Waals surface area contributed by atoms with Crippen molar-refractivity contribution in [1.29, 1.82) is 0 Å². The van der Waals surface area contributed by atoms with Gasteiger partial charge in [0.15, 0.2) is 0 Å². The predicted octanol–water partition coefficient (Wildman–Crippen LogP) is 1.83. The van der Waals surface area contributed by atoms with Crippen LogP contribution in [0.4, 0.5) is 13.2 Å². The molecule has 0 bridgehead atoms. The van der Waals surface area contributed by atoms with Crippen LogP contribution in [-0.2, 0) is 11.2 Å². The van der Waals surface area contributed by atoms with E-state index in [0.717, 1.165) is 4.90 Å². The number of rotatable bonds is 2. The molecule has 1 atom stereocenters. The monoisotopic (exact) mass is 287 g/mol. The molecule has 0 aliphatic carbocycles. The Morgan fingerprint density at radius 2 is 2.00 bits per heavy atom. The zero-order chi connectivity index (χ0) is 15.1. The summed E-state index contributed by atoms with van der Waals surface area (Å²) in [6, 6.07) is 3.94. The minimum Gasteiger partial charge on any atom is -0.388 e. The van der Waals surface area contributed by atoms with Crippen LogP contribution in [0.5, 0.6) is 0 Å². The fourth-order valence-corrected chi connectivity index (χ4v) is 2.07. The first-order valence-electron chi connectivity index (χ1n) is 5.87. The Kier molecular flexibility index (Phi) is 3.56. The van der Waals surface area contributed by atoms with Crippen molar-refractivity contribution in [2.75, 3.05) is 7.05 Å². The molecule has 1 heterocycles. The van der Waals surface area contributed by atoms with Gasteiger partial charge in [-0.1, -0.05) is 12.1 Å².